The second-order valence-corrected chi connectivity index (χ2v) is 7.44. The third kappa shape index (κ3) is 5.09. The fourth-order valence-electron chi connectivity index (χ4n) is 2.94. The van der Waals surface area contributed by atoms with E-state index in [-0.39, 0.29) is 6.10 Å². The van der Waals surface area contributed by atoms with Crippen molar-refractivity contribution in [3.05, 3.63) is 60.4 Å². The van der Waals surface area contributed by atoms with Crippen molar-refractivity contribution in [2.75, 3.05) is 26.3 Å². The smallest absolute Gasteiger partial charge is 0.196 e. The molecule has 0 saturated carbocycles. The lowest BCUT2D eigenvalue weighted by atomic mass is 10.3. The number of hydrogen-bond donors (Lipinski definition) is 0. The van der Waals surface area contributed by atoms with E-state index < -0.39 is 0 Å². The van der Waals surface area contributed by atoms with Gasteiger partial charge >= 0.3 is 0 Å². The van der Waals surface area contributed by atoms with Gasteiger partial charge in [0.1, 0.15) is 24.9 Å². The summed E-state index contributed by atoms with van der Waals surface area (Å²) in [6.45, 7) is 1.40. The van der Waals surface area contributed by atoms with Crippen LogP contribution in [-0.4, -0.2) is 47.1 Å². The van der Waals surface area contributed by atoms with E-state index in [1.165, 1.54) is 0 Å². The van der Waals surface area contributed by atoms with Crippen molar-refractivity contribution in [2.24, 2.45) is 0 Å². The molecule has 0 aliphatic carbocycles. The first-order valence-electron chi connectivity index (χ1n) is 9.42. The van der Waals surface area contributed by atoms with Crippen LogP contribution in [0, 0.1) is 0 Å². The molecular weight excluding hydrogens is 390 g/mol. The molecule has 1 aromatic heterocycles. The fraction of sp³-hybridized carbons (Fsp3) is 0.333. The number of ether oxygens (including phenoxy) is 4. The minimum atomic E-state index is 0.161. The summed E-state index contributed by atoms with van der Waals surface area (Å²) >= 11 is 1.63. The van der Waals surface area contributed by atoms with Crippen molar-refractivity contribution in [1.82, 2.24) is 14.8 Å². The van der Waals surface area contributed by atoms with Crippen molar-refractivity contribution in [3.8, 4) is 17.2 Å². The van der Waals surface area contributed by atoms with Crippen molar-refractivity contribution < 1.29 is 18.9 Å². The van der Waals surface area contributed by atoms with Gasteiger partial charge in [0.25, 0.3) is 0 Å². The summed E-state index contributed by atoms with van der Waals surface area (Å²) in [5, 5.41) is 9.61. The van der Waals surface area contributed by atoms with Crippen molar-refractivity contribution in [2.45, 2.75) is 24.3 Å². The highest BCUT2D eigenvalue weighted by molar-refractivity contribution is 7.99. The predicted octanol–water partition coefficient (Wildman–Crippen LogP) is 3.71. The Morgan fingerprint density at radius 3 is 2.59 bits per heavy atom. The van der Waals surface area contributed by atoms with Gasteiger partial charge in [0.05, 0.1) is 19.8 Å². The Bertz CT molecular complexity index is 896. The molecule has 2 aromatic carbocycles. The van der Waals surface area contributed by atoms with Gasteiger partial charge in [0.2, 0.25) is 0 Å². The number of nitrogens with zero attached hydrogens (tertiary/aromatic N) is 3. The van der Waals surface area contributed by atoms with E-state index in [0.717, 1.165) is 46.9 Å². The van der Waals surface area contributed by atoms with E-state index >= 15 is 0 Å². The molecule has 1 aliphatic heterocycles. The second-order valence-electron chi connectivity index (χ2n) is 6.45. The zero-order chi connectivity index (χ0) is 19.9. The number of aromatic nitrogens is 3. The molecule has 29 heavy (non-hydrogen) atoms. The zero-order valence-corrected chi connectivity index (χ0v) is 17.0. The minimum absolute atomic E-state index is 0.161. The highest BCUT2D eigenvalue weighted by Gasteiger charge is 2.19. The van der Waals surface area contributed by atoms with Gasteiger partial charge in [-0.1, -0.05) is 30.0 Å². The lowest BCUT2D eigenvalue weighted by Gasteiger charge is -2.22. The first-order chi connectivity index (χ1) is 14.3. The molecule has 2 heterocycles. The van der Waals surface area contributed by atoms with Crippen LogP contribution in [0.25, 0.3) is 5.69 Å². The lowest BCUT2D eigenvalue weighted by molar-refractivity contribution is -0.130. The minimum Gasteiger partial charge on any atom is -0.497 e. The summed E-state index contributed by atoms with van der Waals surface area (Å²) in [6.07, 6.45) is 1.05. The third-order valence-corrected chi connectivity index (χ3v) is 5.57. The maximum Gasteiger partial charge on any atom is 0.196 e. The van der Waals surface area contributed by atoms with Gasteiger partial charge in [0.15, 0.2) is 11.0 Å². The SMILES string of the molecule is COc1ccc(OCc2nnc(SC[C@@H]3CCOCO3)n2-c2ccccc2)cc1. The molecule has 3 aromatic rings. The molecule has 0 radical (unpaired) electrons. The topological polar surface area (TPSA) is 67.6 Å². The standard InChI is InChI=1S/C21H23N3O4S/c1-25-17-7-9-18(10-8-17)27-13-20-22-23-21(24(20)16-5-3-2-4-6-16)29-14-19-11-12-26-15-28-19/h2-10,19H,11-15H2,1H3/t19-/m0/s1. The summed E-state index contributed by atoms with van der Waals surface area (Å²) in [4.78, 5) is 0. The van der Waals surface area contributed by atoms with E-state index in [9.17, 15) is 0 Å². The van der Waals surface area contributed by atoms with Gasteiger partial charge < -0.3 is 18.9 Å². The molecule has 4 rings (SSSR count). The largest absolute Gasteiger partial charge is 0.497 e. The van der Waals surface area contributed by atoms with Gasteiger partial charge in [-0.05, 0) is 42.8 Å². The number of benzene rings is 2. The Balaban J connectivity index is 1.50. The maximum atomic E-state index is 5.93. The van der Waals surface area contributed by atoms with Gasteiger partial charge in [-0.2, -0.15) is 0 Å². The van der Waals surface area contributed by atoms with E-state index in [2.05, 4.69) is 10.2 Å². The number of para-hydroxylation sites is 1. The van der Waals surface area contributed by atoms with Crippen LogP contribution in [-0.2, 0) is 16.1 Å². The molecule has 0 amide bonds. The molecule has 8 heteroatoms. The van der Waals surface area contributed by atoms with Gasteiger partial charge in [-0.3, -0.25) is 4.57 Å². The summed E-state index contributed by atoms with van der Waals surface area (Å²) in [5.41, 5.74) is 1.00. The summed E-state index contributed by atoms with van der Waals surface area (Å²) < 4.78 is 24.0. The first-order valence-corrected chi connectivity index (χ1v) is 10.4. The number of rotatable bonds is 8. The molecule has 0 bridgehead atoms. The van der Waals surface area contributed by atoms with Crippen LogP contribution in [0.4, 0.5) is 0 Å². The average molecular weight is 413 g/mol. The highest BCUT2D eigenvalue weighted by atomic mass is 32.2. The first kappa shape index (κ1) is 19.8. The molecule has 152 valence electrons. The fourth-order valence-corrected chi connectivity index (χ4v) is 3.98. The van der Waals surface area contributed by atoms with Crippen LogP contribution in [0.2, 0.25) is 0 Å². The molecular formula is C21H23N3O4S. The number of thioether (sulfide) groups is 1. The molecule has 1 fully saturated rings. The van der Waals surface area contributed by atoms with Gasteiger partial charge in [0, 0.05) is 11.4 Å². The quantitative estimate of drug-likeness (QED) is 0.522. The van der Waals surface area contributed by atoms with Crippen LogP contribution in [0.5, 0.6) is 11.5 Å². The Morgan fingerprint density at radius 2 is 1.86 bits per heavy atom. The molecule has 0 unspecified atom stereocenters. The predicted molar refractivity (Wildman–Crippen MR) is 110 cm³/mol. The van der Waals surface area contributed by atoms with E-state index in [0.29, 0.717) is 13.4 Å². The molecule has 1 atom stereocenters. The summed E-state index contributed by atoms with van der Waals surface area (Å²) in [6, 6.07) is 17.5. The van der Waals surface area contributed by atoms with Crippen LogP contribution in [0.15, 0.2) is 59.8 Å². The van der Waals surface area contributed by atoms with E-state index in [1.807, 2.05) is 59.2 Å². The second kappa shape index (κ2) is 9.78. The summed E-state index contributed by atoms with van der Waals surface area (Å²) in [5.74, 6) is 3.08. The Morgan fingerprint density at radius 1 is 1.07 bits per heavy atom. The summed E-state index contributed by atoms with van der Waals surface area (Å²) in [7, 11) is 1.64. The molecule has 0 N–H and O–H groups in total. The Hall–Kier alpha value is -2.55. The van der Waals surface area contributed by atoms with Crippen molar-refractivity contribution in [1.29, 1.82) is 0 Å². The third-order valence-electron chi connectivity index (χ3n) is 4.51. The average Bonchev–Trinajstić information content (AvgIpc) is 3.20. The Labute approximate surface area is 173 Å². The zero-order valence-electron chi connectivity index (χ0n) is 16.2. The van der Waals surface area contributed by atoms with Crippen molar-refractivity contribution >= 4 is 11.8 Å². The maximum absolute atomic E-state index is 5.93. The highest BCUT2D eigenvalue weighted by Crippen LogP contribution is 2.25. The molecule has 1 saturated heterocycles. The normalized spacial score (nSPS) is 16.5. The van der Waals surface area contributed by atoms with Crippen LogP contribution in [0.1, 0.15) is 12.2 Å². The van der Waals surface area contributed by atoms with E-state index in [4.69, 9.17) is 18.9 Å². The van der Waals surface area contributed by atoms with Gasteiger partial charge in [-0.15, -0.1) is 10.2 Å². The van der Waals surface area contributed by atoms with Crippen LogP contribution in [0.3, 0.4) is 0 Å². The molecule has 0 spiro atoms. The number of hydrogen-bond acceptors (Lipinski definition) is 7. The van der Waals surface area contributed by atoms with E-state index in [1.54, 1.807) is 18.9 Å². The monoisotopic (exact) mass is 413 g/mol. The number of methoxy groups -OCH3 is 1. The van der Waals surface area contributed by atoms with Crippen LogP contribution >= 0.6 is 11.8 Å². The van der Waals surface area contributed by atoms with Crippen LogP contribution < -0.4 is 9.47 Å². The Kier molecular flexibility index (Phi) is 6.66. The molecule has 7 nitrogen and oxygen atoms in total. The lowest BCUT2D eigenvalue weighted by Crippen LogP contribution is -2.25. The van der Waals surface area contributed by atoms with Gasteiger partial charge in [-0.25, -0.2) is 0 Å². The van der Waals surface area contributed by atoms with Crippen molar-refractivity contribution in [3.63, 3.8) is 0 Å². The molecule has 1 aliphatic rings.